The number of likely N-dealkylation sites (tertiary alicyclic amines) is 2. The fourth-order valence-electron chi connectivity index (χ4n) is 9.09. The van der Waals surface area contributed by atoms with Crippen molar-refractivity contribution in [3.05, 3.63) is 149 Å². The van der Waals surface area contributed by atoms with Crippen LogP contribution in [0.1, 0.15) is 79.3 Å². The smallest absolute Gasteiger partial charge is 0.444 e. The van der Waals surface area contributed by atoms with Crippen molar-refractivity contribution in [2.24, 2.45) is 0 Å². The Hall–Kier alpha value is -9.27. The monoisotopic (exact) mass is 1400 g/mol. The minimum Gasteiger partial charge on any atom is -0.444 e. The van der Waals surface area contributed by atoms with Crippen LogP contribution in [0.3, 0.4) is 0 Å². The normalized spacial score (nSPS) is 14.8. The SMILES string of the molecule is Brc1cnc(Oc2ccccc2)nc1.CC(C)(C)OC(=O)N1CCC[C@@H](n2nc(-c3cnc(Oc4ccccc4)nc3)c3c(N)ncnc32)C1.CC(C)(C)OC(=O)N1CCC[C@@H](n2nc(I)c3c(N)ncnc32)C1.OB(O)c1cnc(Oc2ccccc2)nc1. The van der Waals surface area contributed by atoms with Gasteiger partial charge in [0.2, 0.25) is 0 Å². The first-order valence-electron chi connectivity index (χ1n) is 28.4. The molecule has 3 aromatic carbocycles. The van der Waals surface area contributed by atoms with E-state index in [0.29, 0.717) is 83.3 Å². The number of aromatic nitrogens is 14. The van der Waals surface area contributed by atoms with E-state index in [0.717, 1.165) is 45.0 Å². The predicted molar refractivity (Wildman–Crippen MR) is 347 cm³/mol. The van der Waals surface area contributed by atoms with Crippen LogP contribution in [0.15, 0.2) is 145 Å². The maximum Gasteiger partial charge on any atom is 0.491 e. The number of nitrogens with zero attached hydrogens (tertiary/aromatic N) is 16. The fraction of sp³-hybridized carbons (Fsp3) is 0.300. The van der Waals surface area contributed by atoms with Crippen LogP contribution in [0.5, 0.6) is 35.3 Å². The molecule has 30 heteroatoms. The zero-order valence-corrected chi connectivity index (χ0v) is 53.7. The van der Waals surface area contributed by atoms with Gasteiger partial charge in [-0.05, 0) is 142 Å². The van der Waals surface area contributed by atoms with E-state index in [4.69, 9.17) is 50.3 Å². The molecule has 0 spiro atoms. The second kappa shape index (κ2) is 29.8. The van der Waals surface area contributed by atoms with Crippen molar-refractivity contribution < 1.29 is 43.3 Å². The molecule has 0 saturated carbocycles. The number of para-hydroxylation sites is 3. The lowest BCUT2D eigenvalue weighted by atomic mass is 9.83. The third kappa shape index (κ3) is 18.0. The Bertz CT molecular complexity index is 3970. The highest BCUT2D eigenvalue weighted by Gasteiger charge is 2.33. The third-order valence-electron chi connectivity index (χ3n) is 13.1. The van der Waals surface area contributed by atoms with Crippen LogP contribution >= 0.6 is 38.5 Å². The molecular formula is C60H65BBrIN18O9. The van der Waals surface area contributed by atoms with Crippen LogP contribution in [0.2, 0.25) is 0 Å². The molecule has 466 valence electrons. The summed E-state index contributed by atoms with van der Waals surface area (Å²) in [4.78, 5) is 69.9. The lowest BCUT2D eigenvalue weighted by Gasteiger charge is -2.34. The summed E-state index contributed by atoms with van der Waals surface area (Å²) < 4.78 is 32.8. The van der Waals surface area contributed by atoms with Crippen molar-refractivity contribution in [2.45, 2.75) is 90.5 Å². The highest BCUT2D eigenvalue weighted by molar-refractivity contribution is 14.1. The number of nitrogen functional groups attached to an aromatic ring is 2. The van der Waals surface area contributed by atoms with Crippen LogP contribution in [-0.4, -0.2) is 146 Å². The molecule has 2 amide bonds. The Labute approximate surface area is 540 Å². The van der Waals surface area contributed by atoms with E-state index in [1.165, 1.54) is 25.0 Å². The molecule has 27 nitrogen and oxygen atoms in total. The van der Waals surface area contributed by atoms with Crippen LogP contribution in [0.25, 0.3) is 33.3 Å². The zero-order chi connectivity index (χ0) is 64.0. The van der Waals surface area contributed by atoms with Crippen molar-refractivity contribution in [3.8, 4) is 46.5 Å². The Morgan fingerprint density at radius 1 is 0.556 bits per heavy atom. The number of carbonyl (C=O) groups excluding carboxylic acids is 2. The molecule has 0 unspecified atom stereocenters. The van der Waals surface area contributed by atoms with Crippen LogP contribution in [0, 0.1) is 3.70 Å². The minimum absolute atomic E-state index is 0.0478. The average Bonchev–Trinajstić information content (AvgIpc) is 1.84. The number of halogens is 2. The maximum absolute atomic E-state index is 12.7. The van der Waals surface area contributed by atoms with Crippen LogP contribution in [-0.2, 0) is 9.47 Å². The summed E-state index contributed by atoms with van der Waals surface area (Å²) in [6.45, 7) is 13.5. The van der Waals surface area contributed by atoms with Gasteiger partial charge in [0.05, 0.1) is 27.3 Å². The molecular weight excluding hydrogens is 1330 g/mol. The number of hydrogen-bond acceptors (Lipinski definition) is 23. The number of hydrogen-bond donors (Lipinski definition) is 4. The van der Waals surface area contributed by atoms with E-state index >= 15 is 0 Å². The quantitative estimate of drug-likeness (QED) is 0.0730. The average molecular weight is 1400 g/mol. The highest BCUT2D eigenvalue weighted by Crippen LogP contribution is 2.35. The van der Waals surface area contributed by atoms with E-state index in [2.05, 4.69) is 93.5 Å². The number of anilines is 2. The van der Waals surface area contributed by atoms with Gasteiger partial charge in [-0.2, -0.15) is 10.2 Å². The second-order valence-electron chi connectivity index (χ2n) is 22.2. The molecule has 10 aromatic rings. The number of carbonyl (C=O) groups is 2. The number of rotatable bonds is 10. The van der Waals surface area contributed by atoms with E-state index in [1.54, 1.807) is 46.7 Å². The molecule has 0 aliphatic carbocycles. The van der Waals surface area contributed by atoms with Gasteiger partial charge in [-0.3, -0.25) is 0 Å². The Morgan fingerprint density at radius 2 is 0.944 bits per heavy atom. The van der Waals surface area contributed by atoms with Gasteiger partial charge in [0, 0.05) is 74.4 Å². The molecule has 2 aliphatic heterocycles. The van der Waals surface area contributed by atoms with Crippen LogP contribution < -0.4 is 31.1 Å². The van der Waals surface area contributed by atoms with Gasteiger partial charge in [0.1, 0.15) is 62.1 Å². The zero-order valence-electron chi connectivity index (χ0n) is 50.0. The van der Waals surface area contributed by atoms with Gasteiger partial charge in [0.25, 0.3) is 0 Å². The summed E-state index contributed by atoms with van der Waals surface area (Å²) in [5.74, 6) is 2.74. The molecule has 2 aliphatic rings. The van der Waals surface area contributed by atoms with Crippen LogP contribution in [0.4, 0.5) is 21.2 Å². The number of piperidine rings is 2. The standard InChI is InChI=1S/C25H28N8O3.C15H21IN6O2.C10H9BN2O3.C10H7BrN2O/c1-25(2,3)36-24(34)32-11-7-8-17(14-32)33-22-19(21(26)29-15-30-22)20(31-33)16-12-27-23(28-13-16)35-18-9-5-4-6-10-18;1-15(2,3)24-14(23)21-6-4-5-9(7-21)22-13-10(11(16)20-22)12(17)18-8-19-13;14-11(15)8-6-12-10(13-7-8)16-9-4-2-1-3-5-9;11-8-6-12-10(13-7-8)14-9-4-2-1-3-5-9/h4-6,9-10,12-13,15,17H,7-8,11,14H2,1-3H3,(H2,26,29,30);8-9H,4-7H2,1-3H3,(H2,17,18,19);1-7,14-15H;1-7H/t17-;9-;;/m11../s1. The summed E-state index contributed by atoms with van der Waals surface area (Å²) in [7, 11) is -1.56. The van der Waals surface area contributed by atoms with Gasteiger partial charge >= 0.3 is 37.3 Å². The van der Waals surface area contributed by atoms with Crippen molar-refractivity contribution in [3.63, 3.8) is 0 Å². The summed E-state index contributed by atoms with van der Waals surface area (Å²) >= 11 is 5.39. The first kappa shape index (κ1) is 65.2. The first-order chi connectivity index (χ1) is 43.1. The van der Waals surface area contributed by atoms with E-state index in [-0.39, 0.29) is 41.8 Å². The van der Waals surface area contributed by atoms with Crippen molar-refractivity contribution in [2.75, 3.05) is 37.6 Å². The highest BCUT2D eigenvalue weighted by atomic mass is 127. The topological polar surface area (TPSA) is 344 Å². The lowest BCUT2D eigenvalue weighted by Crippen LogP contribution is -2.43. The third-order valence-corrected chi connectivity index (χ3v) is 14.2. The Kier molecular flexibility index (Phi) is 21.6. The molecule has 2 saturated heterocycles. The summed E-state index contributed by atoms with van der Waals surface area (Å²) in [5.41, 5.74) is 13.9. The van der Waals surface area contributed by atoms with E-state index < -0.39 is 18.3 Å². The summed E-state index contributed by atoms with van der Waals surface area (Å²) in [5, 5.41) is 28.5. The predicted octanol–water partition coefficient (Wildman–Crippen LogP) is 9.79. The number of fused-ring (bicyclic) bond motifs is 2. The molecule has 90 heavy (non-hydrogen) atoms. The van der Waals surface area contributed by atoms with Gasteiger partial charge in [-0.25, -0.2) is 68.8 Å². The molecule has 0 bridgehead atoms. The summed E-state index contributed by atoms with van der Waals surface area (Å²) in [6.07, 6.45) is 14.9. The number of amides is 2. The van der Waals surface area contributed by atoms with Crippen molar-refractivity contribution in [1.29, 1.82) is 0 Å². The molecule has 0 radical (unpaired) electrons. The molecule has 2 fully saturated rings. The molecule has 12 rings (SSSR count). The molecule has 9 heterocycles. The van der Waals surface area contributed by atoms with Gasteiger partial charge < -0.3 is 55.0 Å². The van der Waals surface area contributed by atoms with Gasteiger partial charge in [-0.1, -0.05) is 54.6 Å². The Balaban J connectivity index is 0.000000153. The molecule has 7 aromatic heterocycles. The van der Waals surface area contributed by atoms with Crippen molar-refractivity contribution in [1.82, 2.24) is 79.2 Å². The Morgan fingerprint density at radius 3 is 1.37 bits per heavy atom. The molecule has 6 N–H and O–H groups in total. The lowest BCUT2D eigenvalue weighted by molar-refractivity contribution is 0.0159. The largest absolute Gasteiger partial charge is 0.491 e. The molecule has 2 atom stereocenters. The number of nitrogens with two attached hydrogens (primary N) is 2. The minimum atomic E-state index is -1.56. The van der Waals surface area contributed by atoms with E-state index in [9.17, 15) is 9.59 Å². The number of ether oxygens (including phenoxy) is 5. The van der Waals surface area contributed by atoms with Crippen molar-refractivity contribution >= 4 is 97.0 Å². The fourth-order valence-corrected chi connectivity index (χ4v) is 10.0. The first-order valence-corrected chi connectivity index (χ1v) is 30.3. The maximum atomic E-state index is 12.7. The number of benzene rings is 3. The summed E-state index contributed by atoms with van der Waals surface area (Å²) in [6, 6.07) is 28.5. The van der Waals surface area contributed by atoms with Gasteiger partial charge in [-0.15, -0.1) is 0 Å². The second-order valence-corrected chi connectivity index (χ2v) is 24.2. The van der Waals surface area contributed by atoms with Gasteiger partial charge in [0.15, 0.2) is 11.3 Å². The van der Waals surface area contributed by atoms with E-state index in [1.807, 2.05) is 130 Å².